The summed E-state index contributed by atoms with van der Waals surface area (Å²) in [5.41, 5.74) is 3.05. The first kappa shape index (κ1) is 16.8. The lowest BCUT2D eigenvalue weighted by Crippen LogP contribution is -2.24. The van der Waals surface area contributed by atoms with Crippen LogP contribution >= 0.6 is 11.6 Å². The molecule has 0 bridgehead atoms. The van der Waals surface area contributed by atoms with Crippen molar-refractivity contribution in [1.82, 2.24) is 14.3 Å². The van der Waals surface area contributed by atoms with Gasteiger partial charge in [0.25, 0.3) is 10.0 Å². The minimum Gasteiger partial charge on any atom is -0.377 e. The number of anilines is 1. The molecule has 0 aliphatic rings. The maximum Gasteiger partial charge on any atom is 0.261 e. The molecule has 120 valence electrons. The van der Waals surface area contributed by atoms with Crippen LogP contribution in [0.25, 0.3) is 0 Å². The number of hydrogen-bond donors (Lipinski definition) is 1. The van der Waals surface area contributed by atoms with Gasteiger partial charge >= 0.3 is 0 Å². The Morgan fingerprint density at radius 3 is 2.55 bits per heavy atom. The highest BCUT2D eigenvalue weighted by Crippen LogP contribution is 2.21. The van der Waals surface area contributed by atoms with Crippen molar-refractivity contribution in [3.8, 4) is 0 Å². The van der Waals surface area contributed by atoms with E-state index in [4.69, 9.17) is 11.6 Å². The SMILES string of the molecule is Cc1cc(CNS(=O)(=O)c2ncn(C)c2Cl)ccc1N(C)C. The van der Waals surface area contributed by atoms with Crippen molar-refractivity contribution in [2.45, 2.75) is 18.5 Å². The molecule has 0 saturated carbocycles. The molecule has 22 heavy (non-hydrogen) atoms. The van der Waals surface area contributed by atoms with Gasteiger partial charge in [-0.25, -0.2) is 18.1 Å². The van der Waals surface area contributed by atoms with Gasteiger partial charge in [-0.05, 0) is 24.1 Å². The van der Waals surface area contributed by atoms with Crippen molar-refractivity contribution in [1.29, 1.82) is 0 Å². The van der Waals surface area contributed by atoms with Gasteiger partial charge in [0.15, 0.2) is 0 Å². The molecular weight excluding hydrogens is 324 g/mol. The standard InChI is InChI=1S/C14H19ClN4O2S/c1-10-7-11(5-6-12(10)18(2)3)8-17-22(20,21)14-13(15)19(4)9-16-14/h5-7,9,17H,8H2,1-4H3. The van der Waals surface area contributed by atoms with Gasteiger partial charge in [0.1, 0.15) is 5.15 Å². The Balaban J connectivity index is 2.16. The molecule has 0 unspecified atom stereocenters. The summed E-state index contributed by atoms with van der Waals surface area (Å²) in [4.78, 5) is 5.84. The first-order chi connectivity index (χ1) is 10.2. The van der Waals surface area contributed by atoms with Crippen molar-refractivity contribution in [2.75, 3.05) is 19.0 Å². The minimum atomic E-state index is -3.73. The number of nitrogens with zero attached hydrogens (tertiary/aromatic N) is 3. The van der Waals surface area contributed by atoms with Gasteiger partial charge < -0.3 is 9.47 Å². The molecule has 0 saturated heterocycles. The van der Waals surface area contributed by atoms with Crippen LogP contribution in [0.1, 0.15) is 11.1 Å². The molecule has 1 aromatic heterocycles. The number of hydrogen-bond acceptors (Lipinski definition) is 4. The zero-order valence-corrected chi connectivity index (χ0v) is 14.5. The summed E-state index contributed by atoms with van der Waals surface area (Å²) in [6, 6.07) is 5.81. The Labute approximate surface area is 135 Å². The van der Waals surface area contributed by atoms with E-state index in [0.717, 1.165) is 16.8 Å². The Bertz CT molecular complexity index is 784. The molecular formula is C14H19ClN4O2S. The number of aromatic nitrogens is 2. The molecule has 1 heterocycles. The molecule has 0 aliphatic heterocycles. The van der Waals surface area contributed by atoms with Crippen LogP contribution in [0.15, 0.2) is 29.6 Å². The van der Waals surface area contributed by atoms with Gasteiger partial charge in [-0.2, -0.15) is 0 Å². The normalized spacial score (nSPS) is 11.7. The molecule has 1 N–H and O–H groups in total. The van der Waals surface area contributed by atoms with Crippen LogP contribution in [0, 0.1) is 6.92 Å². The highest BCUT2D eigenvalue weighted by Gasteiger charge is 2.21. The second-order valence-corrected chi connectivity index (χ2v) is 7.33. The fraction of sp³-hybridized carbons (Fsp3) is 0.357. The summed E-state index contributed by atoms with van der Waals surface area (Å²) in [7, 11) is 1.84. The van der Waals surface area contributed by atoms with Gasteiger partial charge in [0, 0.05) is 33.4 Å². The molecule has 0 fully saturated rings. The number of halogens is 1. The molecule has 8 heteroatoms. The predicted molar refractivity (Wildman–Crippen MR) is 87.7 cm³/mol. The third kappa shape index (κ3) is 3.43. The highest BCUT2D eigenvalue weighted by molar-refractivity contribution is 7.89. The molecule has 1 aromatic carbocycles. The molecule has 0 aliphatic carbocycles. The number of sulfonamides is 1. The van der Waals surface area contributed by atoms with Gasteiger partial charge in [0.05, 0.1) is 6.33 Å². The topological polar surface area (TPSA) is 67.2 Å². The van der Waals surface area contributed by atoms with Crippen molar-refractivity contribution in [3.05, 3.63) is 40.8 Å². The maximum absolute atomic E-state index is 12.2. The van der Waals surface area contributed by atoms with Crippen molar-refractivity contribution >= 4 is 27.3 Å². The average Bonchev–Trinajstić information content (AvgIpc) is 2.77. The summed E-state index contributed by atoms with van der Waals surface area (Å²) >= 11 is 5.93. The molecule has 0 amide bonds. The number of nitrogens with one attached hydrogen (secondary N) is 1. The predicted octanol–water partition coefficient (Wildman–Crippen LogP) is 1.93. The second kappa shape index (κ2) is 6.28. The fourth-order valence-corrected chi connectivity index (χ4v) is 3.59. The van der Waals surface area contributed by atoms with Crippen LogP contribution in [-0.4, -0.2) is 32.1 Å². The van der Waals surface area contributed by atoms with E-state index in [1.54, 1.807) is 7.05 Å². The van der Waals surface area contributed by atoms with E-state index in [-0.39, 0.29) is 16.7 Å². The molecule has 0 atom stereocenters. The van der Waals surface area contributed by atoms with Crippen LogP contribution in [-0.2, 0) is 23.6 Å². The summed E-state index contributed by atoms with van der Waals surface area (Å²) < 4.78 is 28.4. The Morgan fingerprint density at radius 1 is 1.36 bits per heavy atom. The minimum absolute atomic E-state index is 0.0895. The van der Waals surface area contributed by atoms with Crippen molar-refractivity contribution in [2.24, 2.45) is 7.05 Å². The monoisotopic (exact) mass is 342 g/mol. The fourth-order valence-electron chi connectivity index (χ4n) is 2.15. The van der Waals surface area contributed by atoms with E-state index < -0.39 is 10.0 Å². The summed E-state index contributed by atoms with van der Waals surface area (Å²) in [5.74, 6) is 0. The van der Waals surface area contributed by atoms with Gasteiger partial charge in [-0.15, -0.1) is 0 Å². The molecule has 6 nitrogen and oxygen atoms in total. The first-order valence-electron chi connectivity index (χ1n) is 6.65. The average molecular weight is 343 g/mol. The van der Waals surface area contributed by atoms with Crippen LogP contribution in [0.5, 0.6) is 0 Å². The van der Waals surface area contributed by atoms with Crippen LogP contribution < -0.4 is 9.62 Å². The Hall–Kier alpha value is -1.57. The number of imidazole rings is 1. The smallest absolute Gasteiger partial charge is 0.261 e. The molecule has 2 rings (SSSR count). The van der Waals surface area contributed by atoms with E-state index in [1.807, 2.05) is 44.1 Å². The lowest BCUT2D eigenvalue weighted by molar-refractivity contribution is 0.578. The first-order valence-corrected chi connectivity index (χ1v) is 8.52. The molecule has 0 radical (unpaired) electrons. The lowest BCUT2D eigenvalue weighted by Gasteiger charge is -2.16. The second-order valence-electron chi connectivity index (χ2n) is 5.29. The molecule has 2 aromatic rings. The number of rotatable bonds is 5. The summed E-state index contributed by atoms with van der Waals surface area (Å²) in [6.07, 6.45) is 1.37. The highest BCUT2D eigenvalue weighted by atomic mass is 35.5. The van der Waals surface area contributed by atoms with Gasteiger partial charge in [-0.1, -0.05) is 23.7 Å². The summed E-state index contributed by atoms with van der Waals surface area (Å²) in [6.45, 7) is 2.17. The van der Waals surface area contributed by atoms with Gasteiger partial charge in [-0.3, -0.25) is 0 Å². The Kier molecular flexibility index (Phi) is 4.79. The van der Waals surface area contributed by atoms with Crippen molar-refractivity contribution < 1.29 is 8.42 Å². The van der Waals surface area contributed by atoms with Crippen LogP contribution in [0.4, 0.5) is 5.69 Å². The third-order valence-corrected chi connectivity index (χ3v) is 5.19. The van der Waals surface area contributed by atoms with E-state index in [1.165, 1.54) is 10.9 Å². The zero-order valence-electron chi connectivity index (χ0n) is 13.0. The number of aryl methyl sites for hydroxylation is 2. The third-order valence-electron chi connectivity index (χ3n) is 3.30. The van der Waals surface area contributed by atoms with E-state index >= 15 is 0 Å². The zero-order chi connectivity index (χ0) is 16.5. The van der Waals surface area contributed by atoms with E-state index in [0.29, 0.717) is 0 Å². The van der Waals surface area contributed by atoms with Crippen LogP contribution in [0.3, 0.4) is 0 Å². The van der Waals surface area contributed by atoms with E-state index in [2.05, 4.69) is 9.71 Å². The van der Waals surface area contributed by atoms with E-state index in [9.17, 15) is 8.42 Å². The Morgan fingerprint density at radius 2 is 2.05 bits per heavy atom. The summed E-state index contributed by atoms with van der Waals surface area (Å²) in [5, 5.41) is -0.0649. The lowest BCUT2D eigenvalue weighted by atomic mass is 10.1. The van der Waals surface area contributed by atoms with Crippen LogP contribution in [0.2, 0.25) is 5.15 Å². The molecule has 0 spiro atoms. The maximum atomic E-state index is 12.2. The quantitative estimate of drug-likeness (QED) is 0.901. The van der Waals surface area contributed by atoms with Gasteiger partial charge in [0.2, 0.25) is 5.03 Å². The van der Waals surface area contributed by atoms with Crippen molar-refractivity contribution in [3.63, 3.8) is 0 Å². The largest absolute Gasteiger partial charge is 0.377 e. The number of benzene rings is 1.